The molecule has 1 saturated carbocycles. The number of rotatable bonds is 6. The molecule has 0 saturated heterocycles. The van der Waals surface area contributed by atoms with Crippen molar-refractivity contribution in [1.82, 2.24) is 5.32 Å². The lowest BCUT2D eigenvalue weighted by Gasteiger charge is -2.25. The van der Waals surface area contributed by atoms with E-state index in [1.54, 1.807) is 6.92 Å². The Morgan fingerprint density at radius 2 is 1.86 bits per heavy atom. The lowest BCUT2D eigenvalue weighted by atomic mass is 9.82. The van der Waals surface area contributed by atoms with Crippen LogP contribution >= 0.6 is 0 Å². The number of carbonyl (C=O) groups is 3. The van der Waals surface area contributed by atoms with Crippen LogP contribution < -0.4 is 5.32 Å². The van der Waals surface area contributed by atoms with E-state index in [-0.39, 0.29) is 24.2 Å². The molecule has 0 aliphatic heterocycles. The van der Waals surface area contributed by atoms with E-state index in [4.69, 9.17) is 9.84 Å². The Kier molecular flexibility index (Phi) is 7.34. The minimum atomic E-state index is -0.755. The Bertz CT molecular complexity index is 441. The van der Waals surface area contributed by atoms with Crippen LogP contribution in [0.1, 0.15) is 39.5 Å². The molecule has 0 heterocycles. The van der Waals surface area contributed by atoms with E-state index in [9.17, 15) is 14.4 Å². The van der Waals surface area contributed by atoms with Crippen LogP contribution in [0.2, 0.25) is 0 Å². The summed E-state index contributed by atoms with van der Waals surface area (Å²) in [5, 5.41) is 14.9. The molecular weight excluding hydrogens is 292 g/mol. The van der Waals surface area contributed by atoms with Crippen molar-refractivity contribution in [2.24, 2.45) is 17.0 Å². The van der Waals surface area contributed by atoms with Crippen molar-refractivity contribution in [2.45, 2.75) is 39.5 Å². The van der Waals surface area contributed by atoms with Gasteiger partial charge in [0, 0.05) is 6.54 Å². The average Bonchev–Trinajstić information content (AvgIpc) is 2.51. The van der Waals surface area contributed by atoms with Gasteiger partial charge in [0.25, 0.3) is 0 Å². The first-order chi connectivity index (χ1) is 10.4. The normalized spacial score (nSPS) is 21.8. The van der Waals surface area contributed by atoms with Gasteiger partial charge in [-0.3, -0.25) is 9.63 Å². The monoisotopic (exact) mass is 314 g/mol. The molecule has 124 valence electrons. The summed E-state index contributed by atoms with van der Waals surface area (Å²) in [6.07, 6.45) is 2.00. The maximum Gasteiger partial charge on any atom is 0.433 e. The van der Waals surface area contributed by atoms with Gasteiger partial charge in [-0.25, -0.2) is 9.59 Å². The lowest BCUT2D eigenvalue weighted by molar-refractivity contribution is -0.143. The zero-order chi connectivity index (χ0) is 16.5. The van der Waals surface area contributed by atoms with Gasteiger partial charge in [0.15, 0.2) is 5.71 Å². The number of carboxylic acids is 1. The molecule has 22 heavy (non-hydrogen) atoms. The second-order valence-corrected chi connectivity index (χ2v) is 5.21. The van der Waals surface area contributed by atoms with Crippen LogP contribution in [0.3, 0.4) is 0 Å². The summed E-state index contributed by atoms with van der Waals surface area (Å²) in [6.45, 7) is 3.67. The number of hydrogen-bond donors (Lipinski definition) is 2. The smallest absolute Gasteiger partial charge is 0.433 e. The molecule has 8 nitrogen and oxygen atoms in total. The van der Waals surface area contributed by atoms with Crippen LogP contribution in [0.15, 0.2) is 5.16 Å². The van der Waals surface area contributed by atoms with Crippen LogP contribution in [-0.4, -0.2) is 42.0 Å². The van der Waals surface area contributed by atoms with Gasteiger partial charge in [-0.1, -0.05) is 5.16 Å². The highest BCUT2D eigenvalue weighted by Gasteiger charge is 2.26. The summed E-state index contributed by atoms with van der Waals surface area (Å²) in [4.78, 5) is 38.1. The maximum absolute atomic E-state index is 11.5. The molecule has 1 rings (SSSR count). The molecule has 0 aromatic heterocycles. The largest absolute Gasteiger partial charge is 0.481 e. The van der Waals surface area contributed by atoms with Crippen molar-refractivity contribution in [2.75, 3.05) is 13.2 Å². The van der Waals surface area contributed by atoms with Crippen molar-refractivity contribution in [1.29, 1.82) is 0 Å². The minimum Gasteiger partial charge on any atom is -0.481 e. The number of esters is 1. The number of carboxylic acid groups (broad SMARTS) is 1. The van der Waals surface area contributed by atoms with Crippen molar-refractivity contribution in [3.63, 3.8) is 0 Å². The molecule has 0 spiro atoms. The predicted octanol–water partition coefficient (Wildman–Crippen LogP) is 1.54. The SMILES string of the molecule is CCOC(=O)C(C)=NOC(=O)NC[C@H]1CC[C@H](C(=O)O)CC1. The summed E-state index contributed by atoms with van der Waals surface area (Å²) in [5.74, 6) is -1.43. The number of ether oxygens (including phenoxy) is 1. The second-order valence-electron chi connectivity index (χ2n) is 5.21. The van der Waals surface area contributed by atoms with Crippen LogP contribution in [0.25, 0.3) is 0 Å². The Morgan fingerprint density at radius 1 is 1.23 bits per heavy atom. The molecule has 1 aliphatic rings. The first-order valence-corrected chi connectivity index (χ1v) is 7.33. The summed E-state index contributed by atoms with van der Waals surface area (Å²) in [5.41, 5.74) is -0.0426. The number of oxime groups is 1. The van der Waals surface area contributed by atoms with E-state index < -0.39 is 18.0 Å². The molecule has 0 bridgehead atoms. The van der Waals surface area contributed by atoms with Gasteiger partial charge in [-0.2, -0.15) is 0 Å². The van der Waals surface area contributed by atoms with E-state index in [1.807, 2.05) is 0 Å². The molecule has 0 atom stereocenters. The fourth-order valence-electron chi connectivity index (χ4n) is 2.26. The van der Waals surface area contributed by atoms with E-state index in [0.29, 0.717) is 19.4 Å². The van der Waals surface area contributed by atoms with Crippen LogP contribution in [0, 0.1) is 11.8 Å². The summed E-state index contributed by atoms with van der Waals surface area (Å²) in [6, 6.07) is 0. The molecule has 8 heteroatoms. The third-order valence-corrected chi connectivity index (χ3v) is 3.57. The van der Waals surface area contributed by atoms with Crippen LogP contribution in [0.4, 0.5) is 4.79 Å². The highest BCUT2D eigenvalue weighted by molar-refractivity contribution is 6.35. The quantitative estimate of drug-likeness (QED) is 0.333. The fraction of sp³-hybridized carbons (Fsp3) is 0.714. The molecule has 0 unspecified atom stereocenters. The van der Waals surface area contributed by atoms with E-state index >= 15 is 0 Å². The molecule has 1 aliphatic carbocycles. The predicted molar refractivity (Wildman–Crippen MR) is 77.3 cm³/mol. The lowest BCUT2D eigenvalue weighted by Crippen LogP contribution is -2.32. The second kappa shape index (κ2) is 9.01. The summed E-state index contributed by atoms with van der Waals surface area (Å²) >= 11 is 0. The first kappa shape index (κ1) is 17.9. The Labute approximate surface area is 128 Å². The van der Waals surface area contributed by atoms with Crippen LogP contribution in [-0.2, 0) is 19.2 Å². The molecule has 0 radical (unpaired) electrons. The van der Waals surface area contributed by atoms with E-state index in [0.717, 1.165) is 12.8 Å². The Balaban J connectivity index is 2.25. The van der Waals surface area contributed by atoms with Gasteiger partial charge < -0.3 is 15.2 Å². The zero-order valence-corrected chi connectivity index (χ0v) is 12.8. The Morgan fingerprint density at radius 3 is 2.41 bits per heavy atom. The molecule has 1 fully saturated rings. The van der Waals surface area contributed by atoms with Gasteiger partial charge in [0.05, 0.1) is 12.5 Å². The molecule has 0 aromatic carbocycles. The van der Waals surface area contributed by atoms with Gasteiger partial charge in [-0.05, 0) is 45.4 Å². The summed E-state index contributed by atoms with van der Waals surface area (Å²) < 4.78 is 4.69. The third kappa shape index (κ3) is 6.11. The maximum atomic E-state index is 11.5. The van der Waals surface area contributed by atoms with Crippen molar-refractivity contribution >= 4 is 23.7 Å². The number of aliphatic carboxylic acids is 1. The fourth-order valence-corrected chi connectivity index (χ4v) is 2.26. The molecule has 0 aromatic rings. The third-order valence-electron chi connectivity index (χ3n) is 3.57. The number of amides is 1. The highest BCUT2D eigenvalue weighted by Crippen LogP contribution is 2.28. The van der Waals surface area contributed by atoms with Gasteiger partial charge in [0.1, 0.15) is 0 Å². The van der Waals surface area contributed by atoms with Gasteiger partial charge >= 0.3 is 18.0 Å². The van der Waals surface area contributed by atoms with Gasteiger partial charge in [0.2, 0.25) is 0 Å². The number of nitrogens with zero attached hydrogens (tertiary/aromatic N) is 1. The minimum absolute atomic E-state index is 0.0426. The number of nitrogens with one attached hydrogen (secondary N) is 1. The number of carbonyl (C=O) groups excluding carboxylic acids is 2. The topological polar surface area (TPSA) is 114 Å². The average molecular weight is 314 g/mol. The van der Waals surface area contributed by atoms with Gasteiger partial charge in [-0.15, -0.1) is 0 Å². The van der Waals surface area contributed by atoms with Crippen molar-refractivity contribution < 1.29 is 29.1 Å². The number of hydrogen-bond acceptors (Lipinski definition) is 6. The first-order valence-electron chi connectivity index (χ1n) is 7.33. The van der Waals surface area contributed by atoms with E-state index in [2.05, 4.69) is 15.3 Å². The van der Waals surface area contributed by atoms with Crippen LogP contribution in [0.5, 0.6) is 0 Å². The molecular formula is C14H22N2O6. The molecule has 1 amide bonds. The van der Waals surface area contributed by atoms with Crippen molar-refractivity contribution in [3.05, 3.63) is 0 Å². The summed E-state index contributed by atoms with van der Waals surface area (Å²) in [7, 11) is 0. The van der Waals surface area contributed by atoms with Crippen molar-refractivity contribution in [3.8, 4) is 0 Å². The molecule has 2 N–H and O–H groups in total. The standard InChI is InChI=1S/C14H22N2O6/c1-3-21-13(19)9(2)16-22-14(20)15-8-10-4-6-11(7-5-10)12(17)18/h10-11H,3-8H2,1-2H3,(H,15,20)(H,17,18)/t10-,11-. The van der Waals surface area contributed by atoms with E-state index in [1.165, 1.54) is 6.92 Å². The Hall–Kier alpha value is -2.12. The zero-order valence-electron chi connectivity index (χ0n) is 12.8. The highest BCUT2D eigenvalue weighted by atomic mass is 16.7.